The number of aryl methyl sites for hydroxylation is 1. The Balaban J connectivity index is 1.93. The largest absolute Gasteiger partial charge is 0.507 e. The summed E-state index contributed by atoms with van der Waals surface area (Å²) in [5.74, 6) is -3.19. The van der Waals surface area contributed by atoms with Crippen LogP contribution in [0.3, 0.4) is 0 Å². The van der Waals surface area contributed by atoms with Crippen molar-refractivity contribution in [1.82, 2.24) is 10.2 Å². The quantitative estimate of drug-likeness (QED) is 0.124. The summed E-state index contributed by atoms with van der Waals surface area (Å²) < 4.78 is 35.9. The van der Waals surface area contributed by atoms with Gasteiger partial charge in [-0.15, -0.1) is 0 Å². The number of ether oxygens (including phenoxy) is 1. The summed E-state index contributed by atoms with van der Waals surface area (Å²) in [7, 11) is -5.80. The van der Waals surface area contributed by atoms with E-state index in [-0.39, 0.29) is 37.1 Å². The molecule has 0 aromatic heterocycles. The Morgan fingerprint density at radius 2 is 1.97 bits per heavy atom. The van der Waals surface area contributed by atoms with Crippen LogP contribution in [0.1, 0.15) is 22.8 Å². The number of carboxylic acid groups (broad SMARTS) is 1. The number of likely N-dealkylation sites (tertiary alicyclic amines) is 1. The van der Waals surface area contributed by atoms with E-state index in [1.54, 1.807) is 4.90 Å². The Kier molecular flexibility index (Phi) is 8.67. The van der Waals surface area contributed by atoms with Gasteiger partial charge in [0.2, 0.25) is 5.91 Å². The van der Waals surface area contributed by atoms with Crippen LogP contribution in [0, 0.1) is 0 Å². The number of aromatic carboxylic acids is 1. The molecule has 1 amide bonds. The van der Waals surface area contributed by atoms with Crippen molar-refractivity contribution in [2.75, 3.05) is 31.9 Å². The summed E-state index contributed by atoms with van der Waals surface area (Å²) in [4.78, 5) is 25.6. The summed E-state index contributed by atoms with van der Waals surface area (Å²) in [5.41, 5.74) is 4.47. The van der Waals surface area contributed by atoms with Gasteiger partial charge in [-0.1, -0.05) is 6.07 Å². The normalized spacial score (nSPS) is 16.5. The molecular formula is C18H28BN3O10S. The molecule has 0 unspecified atom stereocenters. The lowest BCUT2D eigenvalue weighted by Crippen LogP contribution is -2.64. The van der Waals surface area contributed by atoms with Crippen molar-refractivity contribution < 1.29 is 47.6 Å². The highest BCUT2D eigenvalue weighted by atomic mass is 32.2. The van der Waals surface area contributed by atoms with Crippen LogP contribution in [0.5, 0.6) is 11.5 Å². The zero-order valence-electron chi connectivity index (χ0n) is 18.0. The standard InChI is InChI=1S/C18H28BN3O10S/c1-18(20,17(26)21-6-7-33(29,30)31)10-22-8-12(9-22)32-13-3-2-11(4-5-19(27)28)15(23)14(13)16(24)25/h2-3,12,23,27-28H,4-10,20H2,1H3,(H,21,26)(H,24,25)(H,29,30,31)/t18-/m1/s1. The Bertz CT molecular complexity index is 980. The van der Waals surface area contributed by atoms with Crippen LogP contribution >= 0.6 is 0 Å². The minimum Gasteiger partial charge on any atom is -0.507 e. The van der Waals surface area contributed by atoms with Crippen LogP contribution < -0.4 is 15.8 Å². The number of carbonyl (C=O) groups is 2. The number of phenols is 1. The molecule has 184 valence electrons. The molecule has 13 nitrogen and oxygen atoms in total. The third kappa shape index (κ3) is 7.83. The number of nitrogens with one attached hydrogen (secondary N) is 1. The number of amides is 1. The highest BCUT2D eigenvalue weighted by molar-refractivity contribution is 7.85. The van der Waals surface area contributed by atoms with E-state index in [2.05, 4.69) is 5.32 Å². The molecule has 33 heavy (non-hydrogen) atoms. The van der Waals surface area contributed by atoms with E-state index in [1.165, 1.54) is 19.1 Å². The van der Waals surface area contributed by atoms with Crippen molar-refractivity contribution in [2.45, 2.75) is 31.3 Å². The number of carbonyl (C=O) groups excluding carboxylic acids is 1. The molecule has 8 N–H and O–H groups in total. The van der Waals surface area contributed by atoms with Crippen molar-refractivity contribution in [3.05, 3.63) is 23.3 Å². The molecule has 1 aromatic rings. The number of hydrogen-bond acceptors (Lipinski definition) is 10. The number of nitrogens with zero attached hydrogens (tertiary/aromatic N) is 1. The highest BCUT2D eigenvalue weighted by Gasteiger charge is 2.37. The van der Waals surface area contributed by atoms with E-state index >= 15 is 0 Å². The predicted octanol–water partition coefficient (Wildman–Crippen LogP) is -2.11. The van der Waals surface area contributed by atoms with Gasteiger partial charge < -0.3 is 36.0 Å². The SMILES string of the molecule is C[C@@](N)(CN1CC(Oc2ccc(CCB(O)O)c(O)c2C(=O)O)C1)C(=O)NCCS(=O)(=O)O. The third-order valence-corrected chi connectivity index (χ3v) is 5.76. The van der Waals surface area contributed by atoms with E-state index in [9.17, 15) is 28.2 Å². The van der Waals surface area contributed by atoms with Gasteiger partial charge >= 0.3 is 13.1 Å². The number of nitrogens with two attached hydrogens (primary N) is 1. The fourth-order valence-electron chi connectivity index (χ4n) is 3.34. The minimum absolute atomic E-state index is 0.0450. The van der Waals surface area contributed by atoms with Gasteiger partial charge in [0.25, 0.3) is 10.1 Å². The Morgan fingerprint density at radius 1 is 1.33 bits per heavy atom. The molecule has 0 aliphatic carbocycles. The molecule has 1 aliphatic rings. The lowest BCUT2D eigenvalue weighted by Gasteiger charge is -2.42. The van der Waals surface area contributed by atoms with Crippen molar-refractivity contribution >= 4 is 29.1 Å². The van der Waals surface area contributed by atoms with Crippen LogP contribution in [-0.2, 0) is 21.3 Å². The van der Waals surface area contributed by atoms with Crippen LogP contribution in [0.4, 0.5) is 0 Å². The maximum Gasteiger partial charge on any atom is 0.451 e. The van der Waals surface area contributed by atoms with Crippen molar-refractivity contribution in [3.8, 4) is 11.5 Å². The van der Waals surface area contributed by atoms with E-state index < -0.39 is 57.8 Å². The summed E-state index contributed by atoms with van der Waals surface area (Å²) >= 11 is 0. The maximum absolute atomic E-state index is 12.2. The van der Waals surface area contributed by atoms with Crippen molar-refractivity contribution in [1.29, 1.82) is 0 Å². The number of aromatic hydroxyl groups is 1. The van der Waals surface area contributed by atoms with E-state index in [4.69, 9.17) is 25.1 Å². The Hall–Kier alpha value is -2.43. The molecule has 1 aliphatic heterocycles. The smallest absolute Gasteiger partial charge is 0.451 e. The van der Waals surface area contributed by atoms with Gasteiger partial charge in [-0.3, -0.25) is 14.2 Å². The van der Waals surface area contributed by atoms with Crippen LogP contribution in [0.2, 0.25) is 6.32 Å². The van der Waals surface area contributed by atoms with E-state index in [1.807, 2.05) is 0 Å². The lowest BCUT2D eigenvalue weighted by molar-refractivity contribution is -0.127. The monoisotopic (exact) mass is 489 g/mol. The zero-order valence-corrected chi connectivity index (χ0v) is 18.8. The molecule has 1 saturated heterocycles. The minimum atomic E-state index is -4.21. The molecule has 15 heteroatoms. The second-order valence-corrected chi connectivity index (χ2v) is 9.74. The molecular weight excluding hydrogens is 461 g/mol. The van der Waals surface area contributed by atoms with Crippen molar-refractivity contribution in [3.63, 3.8) is 0 Å². The first-order valence-electron chi connectivity index (χ1n) is 10.0. The van der Waals surface area contributed by atoms with Gasteiger partial charge in [0.05, 0.1) is 5.75 Å². The van der Waals surface area contributed by atoms with Gasteiger partial charge in [-0.05, 0) is 31.3 Å². The van der Waals surface area contributed by atoms with E-state index in [0.717, 1.165) is 0 Å². The number of carboxylic acids is 1. The lowest BCUT2D eigenvalue weighted by atomic mass is 9.82. The van der Waals surface area contributed by atoms with Gasteiger partial charge in [0, 0.05) is 26.2 Å². The summed E-state index contributed by atoms with van der Waals surface area (Å²) in [5, 5.41) is 40.1. The Morgan fingerprint density at radius 3 is 2.52 bits per heavy atom. The average molecular weight is 489 g/mol. The first kappa shape index (κ1) is 26.8. The topological polar surface area (TPSA) is 220 Å². The first-order chi connectivity index (χ1) is 15.2. The molecule has 0 saturated carbocycles. The molecule has 1 heterocycles. The first-order valence-corrected chi connectivity index (χ1v) is 11.7. The molecule has 2 rings (SSSR count). The van der Waals surface area contributed by atoms with Gasteiger partial charge in [0.15, 0.2) is 0 Å². The van der Waals surface area contributed by atoms with Crippen LogP contribution in [0.25, 0.3) is 0 Å². The fraction of sp³-hybridized carbons (Fsp3) is 0.556. The number of rotatable bonds is 12. The van der Waals surface area contributed by atoms with Gasteiger partial charge in [-0.25, -0.2) is 4.79 Å². The van der Waals surface area contributed by atoms with Gasteiger partial charge in [-0.2, -0.15) is 8.42 Å². The summed E-state index contributed by atoms with van der Waals surface area (Å²) in [6.45, 7) is 1.94. The third-order valence-electron chi connectivity index (χ3n) is 5.04. The van der Waals surface area contributed by atoms with Crippen molar-refractivity contribution in [2.24, 2.45) is 5.73 Å². The maximum atomic E-state index is 12.2. The Labute approximate surface area is 191 Å². The zero-order chi connectivity index (χ0) is 25.0. The molecule has 1 aromatic carbocycles. The number of benzene rings is 1. The molecule has 1 atom stereocenters. The summed E-state index contributed by atoms with van der Waals surface area (Å²) in [6.07, 6.45) is -0.445. The molecule has 1 fully saturated rings. The second kappa shape index (κ2) is 10.7. The molecule has 0 spiro atoms. The average Bonchev–Trinajstić information content (AvgIpc) is 2.63. The number of hydrogen-bond donors (Lipinski definition) is 7. The van der Waals surface area contributed by atoms with Crippen LogP contribution in [0.15, 0.2) is 12.1 Å². The summed E-state index contributed by atoms with van der Waals surface area (Å²) in [6, 6.07) is 2.84. The predicted molar refractivity (Wildman–Crippen MR) is 117 cm³/mol. The highest BCUT2D eigenvalue weighted by Crippen LogP contribution is 2.34. The van der Waals surface area contributed by atoms with Crippen LogP contribution in [-0.4, -0.2) is 101 Å². The fourth-order valence-corrected chi connectivity index (χ4v) is 3.70. The molecule has 0 bridgehead atoms. The van der Waals surface area contributed by atoms with Gasteiger partial charge in [0.1, 0.15) is 28.7 Å². The van der Waals surface area contributed by atoms with E-state index in [0.29, 0.717) is 13.1 Å². The second-order valence-electron chi connectivity index (χ2n) is 8.16. The molecule has 0 radical (unpaired) electrons.